The van der Waals surface area contributed by atoms with Gasteiger partial charge in [-0.2, -0.15) is 0 Å². The number of hydrogen-bond donors (Lipinski definition) is 6. The average Bonchev–Trinajstić information content (AvgIpc) is 3.28. The Morgan fingerprint density at radius 3 is 1.63 bits per heavy atom. The summed E-state index contributed by atoms with van der Waals surface area (Å²) in [7, 11) is 0. The lowest BCUT2D eigenvalue weighted by molar-refractivity contribution is -0.369. The minimum atomic E-state index is -1.15. The Kier molecular flexibility index (Phi) is 29.2. The Morgan fingerprint density at radius 1 is 0.597 bits per heavy atom. The van der Waals surface area contributed by atoms with Crippen LogP contribution in [0.4, 0.5) is 0 Å². The SMILES string of the molecule is CCCCCC(CCCC(O)C(O)CCCCCCCCCCCCCC(O)C(C)=O)OC1OCC(C)C(O)C1OC1OCC(C)C(O)C1OC1OC(COC(=O)CC(C)C)C(C)C(O)C1C. The highest BCUT2D eigenvalue weighted by molar-refractivity contribution is 5.79. The highest BCUT2D eigenvalue weighted by Gasteiger charge is 2.50. The summed E-state index contributed by atoms with van der Waals surface area (Å²) in [6.07, 6.45) is 7.40. The minimum absolute atomic E-state index is 0.0537. The van der Waals surface area contributed by atoms with E-state index in [-0.39, 0.29) is 67.8 Å². The Bertz CT molecular complexity index is 1320. The van der Waals surface area contributed by atoms with Gasteiger partial charge in [-0.25, -0.2) is 0 Å². The lowest BCUT2D eigenvalue weighted by Gasteiger charge is -2.47. The maximum absolute atomic E-state index is 12.4. The number of rotatable bonds is 34. The summed E-state index contributed by atoms with van der Waals surface area (Å²) >= 11 is 0. The van der Waals surface area contributed by atoms with E-state index in [1.165, 1.54) is 32.6 Å². The van der Waals surface area contributed by atoms with E-state index in [0.29, 0.717) is 32.1 Å². The number of esters is 1. The summed E-state index contributed by atoms with van der Waals surface area (Å²) in [5, 5.41) is 65.7. The fourth-order valence-electron chi connectivity index (χ4n) is 9.39. The largest absolute Gasteiger partial charge is 0.463 e. The van der Waals surface area contributed by atoms with Crippen molar-refractivity contribution in [3.05, 3.63) is 0 Å². The van der Waals surface area contributed by atoms with Crippen LogP contribution < -0.4 is 0 Å². The molecule has 0 aromatic heterocycles. The number of carbonyl (C=O) groups excluding carboxylic acids is 2. The molecule has 6 N–H and O–H groups in total. The molecular weight excluding hydrogens is 865 g/mol. The Balaban J connectivity index is 1.51. The molecule has 3 fully saturated rings. The first kappa shape index (κ1) is 60.0. The molecular formula is C52H96O15. The second-order valence-electron chi connectivity index (χ2n) is 21.0. The minimum Gasteiger partial charge on any atom is -0.463 e. The molecule has 3 saturated heterocycles. The molecule has 15 heteroatoms. The predicted molar refractivity (Wildman–Crippen MR) is 255 cm³/mol. The molecule has 3 aliphatic rings. The second kappa shape index (κ2) is 32.6. The quantitative estimate of drug-likeness (QED) is 0.0276. The molecule has 0 saturated carbocycles. The molecule has 3 rings (SSSR count). The first-order chi connectivity index (χ1) is 31.9. The lowest BCUT2D eigenvalue weighted by atomic mass is 9.86. The third kappa shape index (κ3) is 21.5. The molecule has 0 aromatic rings. The fraction of sp³-hybridized carbons (Fsp3) is 0.962. The number of hydrogen-bond acceptors (Lipinski definition) is 15. The van der Waals surface area contributed by atoms with Gasteiger partial charge in [0, 0.05) is 30.1 Å². The third-order valence-electron chi connectivity index (χ3n) is 14.3. The van der Waals surface area contributed by atoms with Crippen molar-refractivity contribution in [1.29, 1.82) is 0 Å². The molecule has 394 valence electrons. The van der Waals surface area contributed by atoms with Gasteiger partial charge < -0.3 is 63.8 Å². The van der Waals surface area contributed by atoms with Crippen LogP contribution in [0.15, 0.2) is 0 Å². The van der Waals surface area contributed by atoms with E-state index in [9.17, 15) is 40.2 Å². The van der Waals surface area contributed by atoms with E-state index in [1.807, 2.05) is 34.6 Å². The standard InChI is InChI=1S/C52H96O15/c1-9-10-20-24-39(25-23-28-42(56)41(55)27-22-19-17-15-13-11-12-14-16-18-21-26-40(54)38(8)53)64-51-48(45(58)34(4)30-62-51)67-52-49(46(59)35(5)31-63-52)66-50-37(7)47(60)36(6)43(65-50)32-61-44(57)29-33(2)3/h33-37,39-43,45-52,54-56,58-60H,9-32H2,1-8H3. The lowest BCUT2D eigenvalue weighted by Crippen LogP contribution is -2.60. The monoisotopic (exact) mass is 961 g/mol. The number of Topliss-reactive ketones (excluding diaryl/α,β-unsaturated/α-hetero) is 1. The normalized spacial score (nSPS) is 32.2. The van der Waals surface area contributed by atoms with Gasteiger partial charge in [0.15, 0.2) is 24.7 Å². The highest BCUT2D eigenvalue weighted by Crippen LogP contribution is 2.36. The molecule has 17 unspecified atom stereocenters. The van der Waals surface area contributed by atoms with Gasteiger partial charge in [-0.1, -0.05) is 138 Å². The van der Waals surface area contributed by atoms with Crippen molar-refractivity contribution in [2.24, 2.45) is 29.6 Å². The molecule has 3 aliphatic heterocycles. The van der Waals surface area contributed by atoms with Crippen molar-refractivity contribution in [2.75, 3.05) is 19.8 Å². The van der Waals surface area contributed by atoms with Gasteiger partial charge in [-0.05, 0) is 51.4 Å². The van der Waals surface area contributed by atoms with E-state index in [2.05, 4.69) is 6.92 Å². The summed E-state index contributed by atoms with van der Waals surface area (Å²) < 4.78 is 43.9. The molecule has 0 radical (unpaired) electrons. The molecule has 3 heterocycles. The number of unbranched alkanes of at least 4 members (excludes halogenated alkanes) is 12. The summed E-state index contributed by atoms with van der Waals surface area (Å²) in [4.78, 5) is 23.5. The number of carbonyl (C=O) groups is 2. The van der Waals surface area contributed by atoms with Gasteiger partial charge in [0.25, 0.3) is 0 Å². The predicted octanol–water partition coefficient (Wildman–Crippen LogP) is 7.29. The van der Waals surface area contributed by atoms with Crippen LogP contribution in [0, 0.1) is 29.6 Å². The summed E-state index contributed by atoms with van der Waals surface area (Å²) in [6, 6.07) is 0. The molecule has 67 heavy (non-hydrogen) atoms. The fourth-order valence-corrected chi connectivity index (χ4v) is 9.39. The number of ketones is 1. The number of aliphatic hydroxyl groups excluding tert-OH is 6. The van der Waals surface area contributed by atoms with E-state index < -0.39 is 79.7 Å². The number of ether oxygens (including phenoxy) is 7. The third-order valence-corrected chi connectivity index (χ3v) is 14.3. The van der Waals surface area contributed by atoms with Crippen LogP contribution in [0.2, 0.25) is 0 Å². The van der Waals surface area contributed by atoms with Crippen LogP contribution in [0.1, 0.15) is 190 Å². The Hall–Kier alpha value is -1.34. The molecule has 17 atom stereocenters. The Labute approximate surface area is 403 Å². The van der Waals surface area contributed by atoms with Gasteiger partial charge in [0.2, 0.25) is 0 Å². The first-order valence-electron chi connectivity index (χ1n) is 26.5. The maximum Gasteiger partial charge on any atom is 0.306 e. The van der Waals surface area contributed by atoms with Gasteiger partial charge >= 0.3 is 5.97 Å². The van der Waals surface area contributed by atoms with Crippen molar-refractivity contribution in [1.82, 2.24) is 0 Å². The van der Waals surface area contributed by atoms with Gasteiger partial charge in [-0.3, -0.25) is 9.59 Å². The van der Waals surface area contributed by atoms with Crippen molar-refractivity contribution < 1.29 is 73.4 Å². The van der Waals surface area contributed by atoms with Crippen molar-refractivity contribution in [2.45, 2.75) is 270 Å². The van der Waals surface area contributed by atoms with Gasteiger partial charge in [-0.15, -0.1) is 0 Å². The number of aliphatic hydroxyl groups is 6. The topological polar surface area (TPSA) is 220 Å². The summed E-state index contributed by atoms with van der Waals surface area (Å²) in [5.41, 5.74) is 0. The van der Waals surface area contributed by atoms with Crippen LogP contribution in [0.3, 0.4) is 0 Å². The van der Waals surface area contributed by atoms with E-state index in [0.717, 1.165) is 70.6 Å². The first-order valence-corrected chi connectivity index (χ1v) is 26.5. The molecule has 15 nitrogen and oxygen atoms in total. The molecule has 0 bridgehead atoms. The van der Waals surface area contributed by atoms with Gasteiger partial charge in [0.1, 0.15) is 24.9 Å². The van der Waals surface area contributed by atoms with E-state index in [4.69, 9.17) is 33.2 Å². The van der Waals surface area contributed by atoms with E-state index >= 15 is 0 Å². The van der Waals surface area contributed by atoms with Crippen LogP contribution in [-0.4, -0.2) is 142 Å². The zero-order valence-electron chi connectivity index (χ0n) is 42.7. The highest BCUT2D eigenvalue weighted by atomic mass is 16.8. The van der Waals surface area contributed by atoms with Crippen LogP contribution in [0.5, 0.6) is 0 Å². The smallest absolute Gasteiger partial charge is 0.306 e. The van der Waals surface area contributed by atoms with Crippen molar-refractivity contribution in [3.63, 3.8) is 0 Å². The van der Waals surface area contributed by atoms with E-state index in [1.54, 1.807) is 6.92 Å². The van der Waals surface area contributed by atoms with Gasteiger partial charge in [0.05, 0.1) is 55.9 Å². The second-order valence-corrected chi connectivity index (χ2v) is 21.0. The van der Waals surface area contributed by atoms with Crippen molar-refractivity contribution >= 4 is 11.8 Å². The molecule has 0 amide bonds. The van der Waals surface area contributed by atoms with Crippen LogP contribution in [-0.2, 0) is 42.7 Å². The summed E-state index contributed by atoms with van der Waals surface area (Å²) in [5.74, 6) is -1.85. The zero-order chi connectivity index (χ0) is 49.5. The Morgan fingerprint density at radius 2 is 1.07 bits per heavy atom. The molecule has 0 spiro atoms. The van der Waals surface area contributed by atoms with Crippen LogP contribution >= 0.6 is 0 Å². The van der Waals surface area contributed by atoms with Crippen molar-refractivity contribution in [3.8, 4) is 0 Å². The molecule has 0 aliphatic carbocycles. The zero-order valence-corrected chi connectivity index (χ0v) is 42.7. The molecule has 0 aromatic carbocycles. The maximum atomic E-state index is 12.4. The van der Waals surface area contributed by atoms with Crippen LogP contribution in [0.25, 0.3) is 0 Å². The summed E-state index contributed by atoms with van der Waals surface area (Å²) in [6.45, 7) is 15.1. The average molecular weight is 961 g/mol.